The highest BCUT2D eigenvalue weighted by Gasteiger charge is 2.12. The number of amides is 1. The monoisotopic (exact) mass is 306 g/mol. The van der Waals surface area contributed by atoms with Crippen LogP contribution in [0.2, 0.25) is 5.15 Å². The third kappa shape index (κ3) is 3.44. The van der Waals surface area contributed by atoms with E-state index < -0.39 is 0 Å². The Hall–Kier alpha value is -2.27. The van der Waals surface area contributed by atoms with Gasteiger partial charge >= 0.3 is 0 Å². The zero-order chi connectivity index (χ0) is 15.4. The van der Waals surface area contributed by atoms with Crippen LogP contribution in [0.3, 0.4) is 0 Å². The molecule has 0 aliphatic rings. The van der Waals surface area contributed by atoms with E-state index in [0.717, 1.165) is 5.56 Å². The molecular formula is C15H15ClN2O3. The first-order valence-corrected chi connectivity index (χ1v) is 6.58. The predicted molar refractivity (Wildman–Crippen MR) is 81.5 cm³/mol. The zero-order valence-corrected chi connectivity index (χ0v) is 12.7. The molecule has 0 atom stereocenters. The van der Waals surface area contributed by atoms with E-state index in [1.54, 1.807) is 38.5 Å². The number of hydrogen-bond acceptors (Lipinski definition) is 4. The van der Waals surface area contributed by atoms with Gasteiger partial charge in [0.2, 0.25) is 0 Å². The van der Waals surface area contributed by atoms with E-state index in [9.17, 15) is 4.79 Å². The normalized spacial score (nSPS) is 10.1. The zero-order valence-electron chi connectivity index (χ0n) is 11.9. The predicted octanol–water partition coefficient (Wildman–Crippen LogP) is 3.31. The molecule has 21 heavy (non-hydrogen) atoms. The molecule has 1 aromatic carbocycles. The summed E-state index contributed by atoms with van der Waals surface area (Å²) in [6.07, 6.45) is 1.42. The van der Waals surface area contributed by atoms with E-state index in [4.69, 9.17) is 21.1 Å². The number of aromatic nitrogens is 1. The first-order chi connectivity index (χ1) is 10.0. The summed E-state index contributed by atoms with van der Waals surface area (Å²) in [5, 5.41) is 3.16. The van der Waals surface area contributed by atoms with Crippen molar-refractivity contribution in [3.05, 3.63) is 46.7 Å². The fourth-order valence-corrected chi connectivity index (χ4v) is 1.93. The van der Waals surface area contributed by atoms with E-state index in [1.165, 1.54) is 6.20 Å². The second kappa shape index (κ2) is 6.45. The molecular weight excluding hydrogens is 292 g/mol. The van der Waals surface area contributed by atoms with Crippen LogP contribution in [0.1, 0.15) is 15.9 Å². The molecule has 0 unspecified atom stereocenters. The molecule has 0 aliphatic carbocycles. The first-order valence-electron chi connectivity index (χ1n) is 6.20. The van der Waals surface area contributed by atoms with Crippen LogP contribution in [0.15, 0.2) is 30.5 Å². The highest BCUT2D eigenvalue weighted by Crippen LogP contribution is 2.33. The van der Waals surface area contributed by atoms with Gasteiger partial charge in [-0.25, -0.2) is 4.98 Å². The van der Waals surface area contributed by atoms with Crippen LogP contribution in [0.5, 0.6) is 11.5 Å². The van der Waals surface area contributed by atoms with E-state index >= 15 is 0 Å². The van der Waals surface area contributed by atoms with Gasteiger partial charge in [0.25, 0.3) is 5.91 Å². The fourth-order valence-electron chi connectivity index (χ4n) is 1.82. The summed E-state index contributed by atoms with van der Waals surface area (Å²) in [4.78, 5) is 16.1. The van der Waals surface area contributed by atoms with Crippen LogP contribution >= 0.6 is 11.6 Å². The number of methoxy groups -OCH3 is 2. The average Bonchev–Trinajstić information content (AvgIpc) is 2.49. The number of nitrogens with zero attached hydrogens (tertiary/aromatic N) is 1. The number of rotatable bonds is 4. The lowest BCUT2D eigenvalue weighted by molar-refractivity contribution is 0.102. The van der Waals surface area contributed by atoms with Gasteiger partial charge in [-0.2, -0.15) is 0 Å². The number of aryl methyl sites for hydroxylation is 1. The number of carbonyl (C=O) groups is 1. The molecule has 1 N–H and O–H groups in total. The summed E-state index contributed by atoms with van der Waals surface area (Å²) in [7, 11) is 3.11. The van der Waals surface area contributed by atoms with Crippen LogP contribution in [-0.4, -0.2) is 25.1 Å². The fraction of sp³-hybridized carbons (Fsp3) is 0.200. The molecule has 0 fully saturated rings. The van der Waals surface area contributed by atoms with Gasteiger partial charge in [-0.1, -0.05) is 11.6 Å². The minimum atomic E-state index is -0.269. The number of halogens is 1. The summed E-state index contributed by atoms with van der Waals surface area (Å²) >= 11 is 5.70. The Bertz CT molecular complexity index is 657. The number of nitrogens with one attached hydrogen (secondary N) is 1. The number of anilines is 1. The summed E-state index contributed by atoms with van der Waals surface area (Å²) in [5.41, 5.74) is 1.93. The number of pyridine rings is 1. The molecule has 0 saturated heterocycles. The van der Waals surface area contributed by atoms with Gasteiger partial charge in [-0.3, -0.25) is 4.79 Å². The maximum absolute atomic E-state index is 12.2. The van der Waals surface area contributed by atoms with Gasteiger partial charge in [0.15, 0.2) is 11.5 Å². The molecule has 0 aliphatic heterocycles. The smallest absolute Gasteiger partial charge is 0.257 e. The van der Waals surface area contributed by atoms with Crippen LogP contribution in [0.4, 0.5) is 5.69 Å². The lowest BCUT2D eigenvalue weighted by Crippen LogP contribution is -2.13. The summed E-state index contributed by atoms with van der Waals surface area (Å²) < 4.78 is 10.4. The maximum Gasteiger partial charge on any atom is 0.257 e. The Labute approximate surface area is 127 Å². The van der Waals surface area contributed by atoms with Crippen molar-refractivity contribution in [2.45, 2.75) is 6.92 Å². The van der Waals surface area contributed by atoms with Crippen LogP contribution in [0.25, 0.3) is 0 Å². The summed E-state index contributed by atoms with van der Waals surface area (Å²) in [6, 6.07) is 6.70. The lowest BCUT2D eigenvalue weighted by Gasteiger charge is -2.13. The van der Waals surface area contributed by atoms with Crippen molar-refractivity contribution >= 4 is 23.2 Å². The molecule has 0 spiro atoms. The number of carbonyl (C=O) groups excluding carboxylic acids is 1. The van der Waals surface area contributed by atoms with Crippen LogP contribution in [0, 0.1) is 6.92 Å². The topological polar surface area (TPSA) is 60.5 Å². The van der Waals surface area contributed by atoms with Crippen molar-refractivity contribution in [3.63, 3.8) is 0 Å². The Kier molecular flexibility index (Phi) is 4.65. The van der Waals surface area contributed by atoms with Crippen molar-refractivity contribution in [2.75, 3.05) is 19.5 Å². The highest BCUT2D eigenvalue weighted by molar-refractivity contribution is 6.29. The van der Waals surface area contributed by atoms with Gasteiger partial charge in [-0.05, 0) is 30.7 Å². The molecule has 0 radical (unpaired) electrons. The Balaban J connectivity index is 2.26. The number of benzene rings is 1. The van der Waals surface area contributed by atoms with Gasteiger partial charge in [0.1, 0.15) is 5.15 Å². The maximum atomic E-state index is 12.2. The standard InChI is InChI=1S/C15H15ClN2O3/c1-9-6-12(20-2)13(21-3)7-11(9)18-15(19)10-4-5-14(16)17-8-10/h4-8H,1-3H3,(H,18,19). The largest absolute Gasteiger partial charge is 0.493 e. The Morgan fingerprint density at radius 3 is 2.43 bits per heavy atom. The Morgan fingerprint density at radius 1 is 1.19 bits per heavy atom. The van der Waals surface area contributed by atoms with E-state index in [-0.39, 0.29) is 5.91 Å². The average molecular weight is 307 g/mol. The van der Waals surface area contributed by atoms with Crippen LogP contribution in [-0.2, 0) is 0 Å². The first kappa shape index (κ1) is 15.1. The van der Waals surface area contributed by atoms with Crippen molar-refractivity contribution in [2.24, 2.45) is 0 Å². The van der Waals surface area contributed by atoms with Crippen molar-refractivity contribution in [1.82, 2.24) is 4.98 Å². The molecule has 0 bridgehead atoms. The third-order valence-electron chi connectivity index (χ3n) is 2.97. The second-order valence-electron chi connectivity index (χ2n) is 4.35. The van der Waals surface area contributed by atoms with Gasteiger partial charge in [-0.15, -0.1) is 0 Å². The SMILES string of the molecule is COc1cc(C)c(NC(=O)c2ccc(Cl)nc2)cc1OC. The summed E-state index contributed by atoms with van der Waals surface area (Å²) in [6.45, 7) is 1.87. The van der Waals surface area contributed by atoms with Gasteiger partial charge < -0.3 is 14.8 Å². The number of ether oxygens (including phenoxy) is 2. The molecule has 2 aromatic rings. The molecule has 1 amide bonds. The van der Waals surface area contributed by atoms with E-state index in [0.29, 0.717) is 27.9 Å². The Morgan fingerprint density at radius 2 is 1.86 bits per heavy atom. The van der Waals surface area contributed by atoms with Crippen molar-refractivity contribution in [1.29, 1.82) is 0 Å². The molecule has 1 aromatic heterocycles. The number of hydrogen-bond donors (Lipinski definition) is 1. The third-order valence-corrected chi connectivity index (χ3v) is 3.19. The van der Waals surface area contributed by atoms with Gasteiger partial charge in [0, 0.05) is 18.0 Å². The molecule has 110 valence electrons. The van der Waals surface area contributed by atoms with E-state index in [1.807, 2.05) is 6.92 Å². The van der Waals surface area contributed by atoms with Crippen LogP contribution < -0.4 is 14.8 Å². The second-order valence-corrected chi connectivity index (χ2v) is 4.73. The molecule has 0 saturated carbocycles. The van der Waals surface area contributed by atoms with Crippen molar-refractivity contribution < 1.29 is 14.3 Å². The summed E-state index contributed by atoms with van der Waals surface area (Å²) in [5.74, 6) is 0.892. The lowest BCUT2D eigenvalue weighted by atomic mass is 10.1. The molecule has 6 heteroatoms. The minimum Gasteiger partial charge on any atom is -0.493 e. The van der Waals surface area contributed by atoms with E-state index in [2.05, 4.69) is 10.3 Å². The molecule has 2 rings (SSSR count). The molecule has 5 nitrogen and oxygen atoms in total. The molecule has 1 heterocycles. The minimum absolute atomic E-state index is 0.269. The quantitative estimate of drug-likeness (QED) is 0.880. The van der Waals surface area contributed by atoms with Gasteiger partial charge in [0.05, 0.1) is 19.8 Å². The highest BCUT2D eigenvalue weighted by atomic mass is 35.5. The van der Waals surface area contributed by atoms with Crippen molar-refractivity contribution in [3.8, 4) is 11.5 Å².